The van der Waals surface area contributed by atoms with Crippen LogP contribution in [0, 0.1) is 5.82 Å². The first-order valence-electron chi connectivity index (χ1n) is 15.0. The Hall–Kier alpha value is -4.71. The third-order valence-electron chi connectivity index (χ3n) is 7.33. The number of nitrogens with one attached hydrogen (secondary N) is 3. The van der Waals surface area contributed by atoms with Gasteiger partial charge in [0, 0.05) is 47.3 Å². The predicted octanol–water partition coefficient (Wildman–Crippen LogP) is 7.45. The smallest absolute Gasteiger partial charge is 0.405 e. The number of fused-ring (bicyclic) bond motifs is 1. The van der Waals surface area contributed by atoms with E-state index in [4.69, 9.17) is 16.3 Å². The zero-order valence-electron chi connectivity index (χ0n) is 26.4. The molecule has 5 aromatic rings. The van der Waals surface area contributed by atoms with Crippen molar-refractivity contribution in [3.8, 4) is 16.2 Å². The zero-order valence-corrected chi connectivity index (χ0v) is 28.0. The number of aromatic nitrogens is 1. The highest BCUT2D eigenvalue weighted by Crippen LogP contribution is 2.40. The average molecular weight is 676 g/mol. The minimum atomic E-state index is -0.774. The Balaban J connectivity index is 1.70. The van der Waals surface area contributed by atoms with Crippen LogP contribution in [0.3, 0.4) is 0 Å². The summed E-state index contributed by atoms with van der Waals surface area (Å²) in [6.07, 6.45) is 0.658. The second-order valence-corrected chi connectivity index (χ2v) is 12.8. The van der Waals surface area contributed by atoms with E-state index in [2.05, 4.69) is 20.9 Å². The largest absolute Gasteiger partial charge is 0.412 e. The summed E-state index contributed by atoms with van der Waals surface area (Å²) in [6, 6.07) is 21.2. The van der Waals surface area contributed by atoms with Gasteiger partial charge in [-0.1, -0.05) is 60.1 Å². The van der Waals surface area contributed by atoms with Gasteiger partial charge >= 0.3 is 12.1 Å². The summed E-state index contributed by atoms with van der Waals surface area (Å²) in [5, 5.41) is 8.53. The number of urea groups is 1. The fraction of sp³-hybridized carbons (Fsp3) is 0.229. The van der Waals surface area contributed by atoms with Gasteiger partial charge in [-0.15, -0.1) is 11.3 Å². The first kappa shape index (κ1) is 33.6. The molecule has 0 bridgehead atoms. The Kier molecular flexibility index (Phi) is 10.6. The molecule has 0 spiro atoms. The quantitative estimate of drug-likeness (QED) is 0.143. The summed E-state index contributed by atoms with van der Waals surface area (Å²) in [6.45, 7) is 4.53. The highest BCUT2D eigenvalue weighted by molar-refractivity contribution is 7.22. The number of benzene rings is 3. The average Bonchev–Trinajstić information content (AvgIpc) is 3.40. The first-order valence-corrected chi connectivity index (χ1v) is 16.1. The van der Waals surface area contributed by atoms with Crippen LogP contribution >= 0.6 is 22.9 Å². The summed E-state index contributed by atoms with van der Waals surface area (Å²) in [4.78, 5) is 42.3. The number of pyridine rings is 1. The van der Waals surface area contributed by atoms with Crippen LogP contribution in [0.15, 0.2) is 83.8 Å². The molecule has 3 N–H and O–H groups in total. The lowest BCUT2D eigenvalue weighted by Gasteiger charge is -2.18. The molecular formula is C35H35ClFN5O4S. The Bertz CT molecular complexity index is 1940. The van der Waals surface area contributed by atoms with E-state index in [1.807, 2.05) is 49.5 Å². The Morgan fingerprint density at radius 1 is 1.00 bits per heavy atom. The molecule has 9 nitrogen and oxygen atoms in total. The van der Waals surface area contributed by atoms with Gasteiger partial charge in [0.2, 0.25) is 5.43 Å². The van der Waals surface area contributed by atoms with E-state index in [0.29, 0.717) is 29.0 Å². The maximum atomic E-state index is 15.1. The fourth-order valence-corrected chi connectivity index (χ4v) is 6.70. The van der Waals surface area contributed by atoms with Crippen molar-refractivity contribution in [2.24, 2.45) is 0 Å². The standard InChI is InChI=1S/C35H35ClFN5O4S/c1-21(2)39-35(45)46-29-20-42(19-25-27(36)11-8-12-28(25)37)33-30(31(29)43)26(18-41(4)17-22-9-6-5-7-10-22)32(47-33)23-13-15-24(16-14-23)40-34(44)38-3/h5-16,20-21H,17-19H2,1-4H3,(H,39,45)(H2,38,40,44). The molecule has 0 unspecified atom stereocenters. The predicted molar refractivity (Wildman–Crippen MR) is 186 cm³/mol. The van der Waals surface area contributed by atoms with Crippen LogP contribution in [-0.4, -0.2) is 41.7 Å². The topological polar surface area (TPSA) is 105 Å². The number of hydrogen-bond acceptors (Lipinski definition) is 6. The number of thiophene rings is 1. The van der Waals surface area contributed by atoms with Gasteiger partial charge in [0.15, 0.2) is 5.75 Å². The second kappa shape index (κ2) is 14.8. The van der Waals surface area contributed by atoms with Crippen molar-refractivity contribution >= 4 is 51.0 Å². The Morgan fingerprint density at radius 2 is 1.72 bits per heavy atom. The lowest BCUT2D eigenvalue weighted by molar-refractivity contribution is 0.197. The van der Waals surface area contributed by atoms with Crippen molar-refractivity contribution in [2.75, 3.05) is 19.4 Å². The number of halogens is 2. The van der Waals surface area contributed by atoms with Gasteiger partial charge in [-0.2, -0.15) is 0 Å². The molecule has 0 saturated heterocycles. The fourth-order valence-electron chi connectivity index (χ4n) is 5.18. The molecule has 244 valence electrons. The lowest BCUT2D eigenvalue weighted by Crippen LogP contribution is -2.34. The van der Waals surface area contributed by atoms with Gasteiger partial charge in [-0.05, 0) is 61.9 Å². The maximum Gasteiger partial charge on any atom is 0.412 e. The molecule has 0 fully saturated rings. The first-order chi connectivity index (χ1) is 22.5. The molecule has 2 aromatic heterocycles. The van der Waals surface area contributed by atoms with E-state index in [1.165, 1.54) is 36.7 Å². The maximum absolute atomic E-state index is 15.1. The number of amides is 3. The molecule has 3 amide bonds. The second-order valence-electron chi connectivity index (χ2n) is 11.4. The molecule has 5 rings (SSSR count). The van der Waals surface area contributed by atoms with Gasteiger partial charge in [-0.25, -0.2) is 14.0 Å². The Morgan fingerprint density at radius 3 is 2.38 bits per heavy atom. The minimum absolute atomic E-state index is 0.0152. The SMILES string of the molecule is CNC(=O)Nc1ccc(-c2sc3c(c2CN(C)Cc2ccccc2)c(=O)c(OC(=O)NC(C)C)cn3Cc2c(F)cccc2Cl)cc1. The summed E-state index contributed by atoms with van der Waals surface area (Å²) >= 11 is 7.81. The van der Waals surface area contributed by atoms with Crippen LogP contribution in [-0.2, 0) is 19.6 Å². The van der Waals surface area contributed by atoms with Crippen LogP contribution in [0.4, 0.5) is 19.7 Å². The third kappa shape index (κ3) is 7.99. The van der Waals surface area contributed by atoms with E-state index < -0.39 is 17.3 Å². The van der Waals surface area contributed by atoms with Crippen LogP contribution in [0.1, 0.15) is 30.5 Å². The molecule has 0 aliphatic heterocycles. The van der Waals surface area contributed by atoms with Crippen molar-refractivity contribution in [3.05, 3.63) is 117 Å². The summed E-state index contributed by atoms with van der Waals surface area (Å²) in [5.41, 5.74) is 3.01. The number of ether oxygens (including phenoxy) is 1. The molecule has 2 heterocycles. The van der Waals surface area contributed by atoms with E-state index in [0.717, 1.165) is 21.6 Å². The van der Waals surface area contributed by atoms with E-state index >= 15 is 4.39 Å². The molecule has 0 radical (unpaired) electrons. The van der Waals surface area contributed by atoms with Crippen LogP contribution < -0.4 is 26.1 Å². The van der Waals surface area contributed by atoms with Crippen molar-refractivity contribution in [2.45, 2.75) is 39.5 Å². The monoisotopic (exact) mass is 675 g/mol. The van der Waals surface area contributed by atoms with Crippen LogP contribution in [0.2, 0.25) is 5.02 Å². The van der Waals surface area contributed by atoms with Gasteiger partial charge in [-0.3, -0.25) is 9.69 Å². The molecule has 3 aromatic carbocycles. The molecule has 0 saturated carbocycles. The molecule has 0 aliphatic carbocycles. The molecule has 0 aliphatic rings. The highest BCUT2D eigenvalue weighted by Gasteiger charge is 2.24. The third-order valence-corrected chi connectivity index (χ3v) is 9.00. The highest BCUT2D eigenvalue weighted by atomic mass is 35.5. The Labute approximate surface area is 280 Å². The van der Waals surface area contributed by atoms with E-state index in [9.17, 15) is 14.4 Å². The van der Waals surface area contributed by atoms with E-state index in [-0.39, 0.29) is 35.0 Å². The van der Waals surface area contributed by atoms with Crippen LogP contribution in [0.25, 0.3) is 20.7 Å². The number of anilines is 1. The molecule has 12 heteroatoms. The number of carbonyl (C=O) groups is 2. The molecular weight excluding hydrogens is 641 g/mol. The summed E-state index contributed by atoms with van der Waals surface area (Å²) < 4.78 is 22.3. The molecule has 47 heavy (non-hydrogen) atoms. The summed E-state index contributed by atoms with van der Waals surface area (Å²) in [7, 11) is 3.50. The van der Waals surface area contributed by atoms with Gasteiger partial charge in [0.05, 0.1) is 18.1 Å². The lowest BCUT2D eigenvalue weighted by atomic mass is 10.0. The van der Waals surface area contributed by atoms with E-state index in [1.54, 1.807) is 36.6 Å². The van der Waals surface area contributed by atoms with Gasteiger partial charge < -0.3 is 25.3 Å². The number of rotatable bonds is 10. The summed E-state index contributed by atoms with van der Waals surface area (Å²) in [5.74, 6) is -0.687. The zero-order chi connectivity index (χ0) is 33.7. The number of nitrogens with zero attached hydrogens (tertiary/aromatic N) is 2. The van der Waals surface area contributed by atoms with Gasteiger partial charge in [0.25, 0.3) is 0 Å². The van der Waals surface area contributed by atoms with Crippen molar-refractivity contribution in [1.82, 2.24) is 20.1 Å². The molecule has 0 atom stereocenters. The normalized spacial score (nSPS) is 11.2. The minimum Gasteiger partial charge on any atom is -0.405 e. The van der Waals surface area contributed by atoms with Crippen LogP contribution in [0.5, 0.6) is 5.75 Å². The van der Waals surface area contributed by atoms with Crippen molar-refractivity contribution in [3.63, 3.8) is 0 Å². The number of carbonyl (C=O) groups excluding carboxylic acids is 2. The van der Waals surface area contributed by atoms with Crippen molar-refractivity contribution in [1.29, 1.82) is 0 Å². The number of hydrogen-bond donors (Lipinski definition) is 3. The van der Waals surface area contributed by atoms with Crippen molar-refractivity contribution < 1.29 is 18.7 Å². The van der Waals surface area contributed by atoms with Gasteiger partial charge in [0.1, 0.15) is 10.6 Å².